The number of benzene rings is 1. The van der Waals surface area contributed by atoms with Gasteiger partial charge in [0.25, 0.3) is 5.56 Å². The van der Waals surface area contributed by atoms with Gasteiger partial charge in [-0.3, -0.25) is 9.36 Å². The van der Waals surface area contributed by atoms with E-state index < -0.39 is 0 Å². The molecule has 1 N–H and O–H groups in total. The molecule has 2 aromatic heterocycles. The molecule has 6 nitrogen and oxygen atoms in total. The zero-order chi connectivity index (χ0) is 16.7. The molecular formula is C17H16N4O2S. The van der Waals surface area contributed by atoms with Crippen molar-refractivity contribution in [1.29, 1.82) is 0 Å². The number of allylic oxidation sites excluding steroid dienone is 2. The smallest absolute Gasteiger partial charge is 0.337 e. The van der Waals surface area contributed by atoms with Gasteiger partial charge in [-0.15, -0.1) is 11.8 Å². The quantitative estimate of drug-likeness (QED) is 0.793. The summed E-state index contributed by atoms with van der Waals surface area (Å²) in [7, 11) is 0. The van der Waals surface area contributed by atoms with Crippen LogP contribution in [0.1, 0.15) is 12.0 Å². The number of thioether (sulfide) groups is 1. The van der Waals surface area contributed by atoms with Crippen molar-refractivity contribution in [3.8, 4) is 5.69 Å². The standard InChI is InChI=1S/C17H16N4O2S/c1-11-5-2-3-7-13(11)21-15-14(18-10-19-15)16(22)20(17(21)23)9-12-6-4-8-24-12/h2-3,5-7,10H,4,8-9H2,1H3,(H,18,19). The van der Waals surface area contributed by atoms with Crippen LogP contribution in [-0.4, -0.2) is 24.9 Å². The van der Waals surface area contributed by atoms with Crippen LogP contribution < -0.4 is 11.2 Å². The first kappa shape index (κ1) is 15.0. The third-order valence-electron chi connectivity index (χ3n) is 4.16. The maximum Gasteiger partial charge on any atom is 0.337 e. The number of imidazole rings is 1. The average Bonchev–Trinajstić information content (AvgIpc) is 3.25. The summed E-state index contributed by atoms with van der Waals surface area (Å²) in [5.41, 5.74) is 1.71. The molecule has 0 unspecified atom stereocenters. The molecule has 0 atom stereocenters. The van der Waals surface area contributed by atoms with Crippen LogP contribution in [0.2, 0.25) is 0 Å². The number of aromatic amines is 1. The van der Waals surface area contributed by atoms with E-state index in [0.717, 1.165) is 28.3 Å². The summed E-state index contributed by atoms with van der Waals surface area (Å²) >= 11 is 1.69. The number of para-hydroxylation sites is 1. The zero-order valence-corrected chi connectivity index (χ0v) is 14.0. The van der Waals surface area contributed by atoms with E-state index in [1.54, 1.807) is 11.8 Å². The van der Waals surface area contributed by atoms with E-state index >= 15 is 0 Å². The van der Waals surface area contributed by atoms with Gasteiger partial charge in [-0.1, -0.05) is 24.3 Å². The van der Waals surface area contributed by atoms with Gasteiger partial charge in [-0.25, -0.2) is 14.3 Å². The average molecular weight is 340 g/mol. The molecule has 0 saturated heterocycles. The van der Waals surface area contributed by atoms with Gasteiger partial charge in [0.05, 0.1) is 18.6 Å². The van der Waals surface area contributed by atoms with Crippen LogP contribution in [0.4, 0.5) is 0 Å². The molecule has 0 aliphatic carbocycles. The maximum absolute atomic E-state index is 13.1. The van der Waals surface area contributed by atoms with Crippen molar-refractivity contribution in [2.24, 2.45) is 0 Å². The molecule has 122 valence electrons. The molecule has 0 amide bonds. The number of rotatable bonds is 3. The molecule has 24 heavy (non-hydrogen) atoms. The van der Waals surface area contributed by atoms with Gasteiger partial charge >= 0.3 is 5.69 Å². The molecule has 0 radical (unpaired) electrons. The molecule has 0 spiro atoms. The van der Waals surface area contributed by atoms with E-state index in [4.69, 9.17) is 0 Å². The summed E-state index contributed by atoms with van der Waals surface area (Å²) in [4.78, 5) is 33.9. The normalized spacial score (nSPS) is 14.3. The van der Waals surface area contributed by atoms with Gasteiger partial charge < -0.3 is 4.98 Å². The van der Waals surface area contributed by atoms with E-state index in [9.17, 15) is 9.59 Å². The van der Waals surface area contributed by atoms with Crippen molar-refractivity contribution in [3.63, 3.8) is 0 Å². The molecule has 1 aromatic carbocycles. The summed E-state index contributed by atoms with van der Waals surface area (Å²) in [6.07, 6.45) is 4.52. The number of aromatic nitrogens is 4. The Hall–Kier alpha value is -2.54. The second kappa shape index (κ2) is 5.83. The van der Waals surface area contributed by atoms with Crippen molar-refractivity contribution in [2.75, 3.05) is 5.75 Å². The van der Waals surface area contributed by atoms with Crippen molar-refractivity contribution in [3.05, 3.63) is 68.0 Å². The fourth-order valence-electron chi connectivity index (χ4n) is 2.95. The third-order valence-corrected chi connectivity index (χ3v) is 5.27. The van der Waals surface area contributed by atoms with Gasteiger partial charge in [-0.05, 0) is 25.0 Å². The third kappa shape index (κ3) is 2.32. The van der Waals surface area contributed by atoms with Crippen LogP contribution in [0.15, 0.2) is 51.2 Å². The molecule has 1 aliphatic heterocycles. The molecule has 3 heterocycles. The fourth-order valence-corrected chi connectivity index (χ4v) is 3.91. The summed E-state index contributed by atoms with van der Waals surface area (Å²) in [6, 6.07) is 7.59. The van der Waals surface area contributed by atoms with E-state index in [2.05, 4.69) is 16.0 Å². The Morgan fingerprint density at radius 3 is 2.88 bits per heavy atom. The number of nitrogens with one attached hydrogen (secondary N) is 1. The lowest BCUT2D eigenvalue weighted by atomic mass is 10.2. The highest BCUT2D eigenvalue weighted by Crippen LogP contribution is 2.25. The van der Waals surface area contributed by atoms with E-state index in [-0.39, 0.29) is 11.2 Å². The van der Waals surface area contributed by atoms with E-state index in [0.29, 0.717) is 17.7 Å². The molecule has 4 rings (SSSR count). The van der Waals surface area contributed by atoms with Crippen LogP contribution in [0.5, 0.6) is 0 Å². The number of aryl methyl sites for hydroxylation is 1. The minimum absolute atomic E-state index is 0.309. The van der Waals surface area contributed by atoms with Gasteiger partial charge in [0.2, 0.25) is 0 Å². The minimum atomic E-state index is -0.359. The van der Waals surface area contributed by atoms with Crippen LogP contribution in [-0.2, 0) is 6.54 Å². The van der Waals surface area contributed by atoms with Crippen molar-refractivity contribution in [1.82, 2.24) is 19.1 Å². The first-order valence-electron chi connectivity index (χ1n) is 7.73. The predicted molar refractivity (Wildman–Crippen MR) is 95.8 cm³/mol. The Kier molecular flexibility index (Phi) is 3.65. The van der Waals surface area contributed by atoms with Crippen molar-refractivity contribution < 1.29 is 0 Å². The molecule has 0 saturated carbocycles. The highest BCUT2D eigenvalue weighted by atomic mass is 32.2. The predicted octanol–water partition coefficient (Wildman–Crippen LogP) is 2.20. The topological polar surface area (TPSA) is 72.7 Å². The molecule has 1 aliphatic rings. The van der Waals surface area contributed by atoms with E-state index in [1.807, 2.05) is 31.2 Å². The molecule has 3 aromatic rings. The number of hydrogen-bond acceptors (Lipinski definition) is 4. The van der Waals surface area contributed by atoms with Crippen LogP contribution in [0.25, 0.3) is 16.9 Å². The summed E-state index contributed by atoms with van der Waals surface area (Å²) in [5.74, 6) is 1.00. The Bertz CT molecular complexity index is 1070. The fraction of sp³-hybridized carbons (Fsp3) is 0.235. The second-order valence-corrected chi connectivity index (χ2v) is 6.93. The Labute approximate surface area is 141 Å². The SMILES string of the molecule is Cc1ccccc1-n1c(=O)n(CC2=CCCS2)c(=O)c2[nH]cnc21. The van der Waals surface area contributed by atoms with Crippen LogP contribution in [0, 0.1) is 6.92 Å². The molecule has 0 bridgehead atoms. The number of hydrogen-bond donors (Lipinski definition) is 1. The number of nitrogens with zero attached hydrogens (tertiary/aromatic N) is 3. The highest BCUT2D eigenvalue weighted by Gasteiger charge is 2.19. The number of fused-ring (bicyclic) bond motifs is 1. The summed E-state index contributed by atoms with van der Waals surface area (Å²) < 4.78 is 2.81. The Morgan fingerprint density at radius 2 is 2.12 bits per heavy atom. The minimum Gasteiger partial charge on any atom is -0.339 e. The number of H-pyrrole nitrogens is 1. The summed E-state index contributed by atoms with van der Waals surface area (Å²) in [5, 5.41) is 0. The van der Waals surface area contributed by atoms with Gasteiger partial charge in [0.1, 0.15) is 5.52 Å². The summed E-state index contributed by atoms with van der Waals surface area (Å²) in [6.45, 7) is 2.24. The lowest BCUT2D eigenvalue weighted by Crippen LogP contribution is -2.40. The van der Waals surface area contributed by atoms with Gasteiger partial charge in [-0.2, -0.15) is 0 Å². The first-order valence-corrected chi connectivity index (χ1v) is 8.72. The lowest BCUT2D eigenvalue weighted by molar-refractivity contribution is 0.689. The Balaban J connectivity index is 2.03. The zero-order valence-electron chi connectivity index (χ0n) is 13.2. The van der Waals surface area contributed by atoms with Gasteiger partial charge in [0.15, 0.2) is 5.65 Å². The van der Waals surface area contributed by atoms with Crippen LogP contribution in [0.3, 0.4) is 0 Å². The second-order valence-electron chi connectivity index (χ2n) is 5.70. The first-order chi connectivity index (χ1) is 11.7. The molecule has 7 heteroatoms. The van der Waals surface area contributed by atoms with Crippen LogP contribution >= 0.6 is 11.8 Å². The highest BCUT2D eigenvalue weighted by molar-refractivity contribution is 8.03. The maximum atomic E-state index is 13.1. The van der Waals surface area contributed by atoms with Crippen molar-refractivity contribution >= 4 is 22.9 Å². The van der Waals surface area contributed by atoms with E-state index in [1.165, 1.54) is 15.5 Å². The van der Waals surface area contributed by atoms with Crippen molar-refractivity contribution in [2.45, 2.75) is 19.9 Å². The molecule has 0 fully saturated rings. The van der Waals surface area contributed by atoms with Gasteiger partial charge in [0, 0.05) is 10.7 Å². The monoisotopic (exact) mass is 340 g/mol. The molecular weight excluding hydrogens is 324 g/mol. The largest absolute Gasteiger partial charge is 0.339 e. The lowest BCUT2D eigenvalue weighted by Gasteiger charge is -2.13. The Morgan fingerprint density at radius 1 is 1.29 bits per heavy atom.